The Hall–Kier alpha value is -3.95. The minimum atomic E-state index is -0.975. The van der Waals surface area contributed by atoms with E-state index in [4.69, 9.17) is 24.7 Å². The number of hydrogen-bond donors (Lipinski definition) is 2. The van der Waals surface area contributed by atoms with Gasteiger partial charge in [-0.2, -0.15) is 0 Å². The van der Waals surface area contributed by atoms with Crippen LogP contribution in [0.5, 0.6) is 11.5 Å². The number of methoxy groups -OCH3 is 2. The number of nitrogens with one attached hydrogen (secondary N) is 1. The van der Waals surface area contributed by atoms with Crippen LogP contribution in [0.3, 0.4) is 0 Å². The Morgan fingerprint density at radius 3 is 2.47 bits per heavy atom. The maximum atomic E-state index is 12.8. The molecule has 0 spiro atoms. The summed E-state index contributed by atoms with van der Waals surface area (Å²) in [5.41, 5.74) is 6.61. The molecule has 0 saturated carbocycles. The molecular weight excluding hydrogens is 418 g/mol. The Labute approximate surface area is 185 Å². The molecule has 0 aliphatic carbocycles. The zero-order chi connectivity index (χ0) is 23.1. The first-order valence-electron chi connectivity index (χ1n) is 9.83. The summed E-state index contributed by atoms with van der Waals surface area (Å²) in [5, 5.41) is 2.54. The fourth-order valence-electron chi connectivity index (χ4n) is 3.37. The third-order valence-electron chi connectivity index (χ3n) is 5.05. The van der Waals surface area contributed by atoms with Crippen LogP contribution in [0.1, 0.15) is 11.1 Å². The van der Waals surface area contributed by atoms with Gasteiger partial charge in [-0.15, -0.1) is 0 Å². The van der Waals surface area contributed by atoms with E-state index in [9.17, 15) is 14.4 Å². The van der Waals surface area contributed by atoms with Crippen LogP contribution in [0.25, 0.3) is 0 Å². The molecule has 32 heavy (non-hydrogen) atoms. The lowest BCUT2D eigenvalue weighted by atomic mass is 9.94. The molecule has 10 nitrogen and oxygen atoms in total. The van der Waals surface area contributed by atoms with Crippen molar-refractivity contribution in [1.82, 2.24) is 10.2 Å². The number of β-lactam (4-membered cyclic amide) rings is 1. The van der Waals surface area contributed by atoms with Crippen LogP contribution in [0.15, 0.2) is 48.5 Å². The molecule has 3 N–H and O–H groups in total. The molecule has 2 aromatic rings. The van der Waals surface area contributed by atoms with Gasteiger partial charge in [0.15, 0.2) is 0 Å². The molecule has 0 aromatic heterocycles. The predicted octanol–water partition coefficient (Wildman–Crippen LogP) is 1.80. The monoisotopic (exact) mass is 443 g/mol. The van der Waals surface area contributed by atoms with Crippen LogP contribution >= 0.6 is 0 Å². The first-order chi connectivity index (χ1) is 15.4. The maximum Gasteiger partial charge on any atom is 0.408 e. The average molecular weight is 443 g/mol. The van der Waals surface area contributed by atoms with Crippen molar-refractivity contribution >= 4 is 18.1 Å². The van der Waals surface area contributed by atoms with Gasteiger partial charge in [-0.05, 0) is 17.7 Å². The molecule has 1 fully saturated rings. The van der Waals surface area contributed by atoms with Crippen LogP contribution in [0.2, 0.25) is 0 Å². The smallest absolute Gasteiger partial charge is 0.408 e. The standard InChI is InChI=1S/C22H25N3O7/c1-29-16-9-8-15(18(10-16)30-2)11-25-17(13-31-21(23)27)19(20(25)26)24-22(28)32-12-14-6-4-3-5-7-14/h3-10,17,19H,11-13H2,1-2H3,(H2,23,27)(H,24,28)/t17-,19?/m1/s1. The summed E-state index contributed by atoms with van der Waals surface area (Å²) in [7, 11) is 3.05. The van der Waals surface area contributed by atoms with Crippen molar-refractivity contribution in [2.75, 3.05) is 20.8 Å². The zero-order valence-corrected chi connectivity index (χ0v) is 17.8. The second-order valence-corrected chi connectivity index (χ2v) is 7.03. The average Bonchev–Trinajstić information content (AvgIpc) is 2.81. The molecule has 1 aliphatic heterocycles. The van der Waals surface area contributed by atoms with Gasteiger partial charge in [-0.1, -0.05) is 30.3 Å². The van der Waals surface area contributed by atoms with Gasteiger partial charge < -0.3 is 34.9 Å². The molecule has 2 aromatic carbocycles. The van der Waals surface area contributed by atoms with Crippen LogP contribution in [-0.2, 0) is 27.4 Å². The fourth-order valence-corrected chi connectivity index (χ4v) is 3.37. The Balaban J connectivity index is 1.66. The van der Waals surface area contributed by atoms with E-state index in [0.29, 0.717) is 11.5 Å². The minimum absolute atomic E-state index is 0.0583. The molecule has 3 amide bonds. The molecular formula is C22H25N3O7. The minimum Gasteiger partial charge on any atom is -0.497 e. The first kappa shape index (κ1) is 22.7. The van der Waals surface area contributed by atoms with Crippen molar-refractivity contribution in [3.63, 3.8) is 0 Å². The van der Waals surface area contributed by atoms with Gasteiger partial charge in [0.25, 0.3) is 0 Å². The van der Waals surface area contributed by atoms with Crippen molar-refractivity contribution < 1.29 is 33.3 Å². The summed E-state index contributed by atoms with van der Waals surface area (Å²) in [6.07, 6.45) is -1.73. The summed E-state index contributed by atoms with van der Waals surface area (Å²) in [6.45, 7) is 0.0575. The van der Waals surface area contributed by atoms with Crippen molar-refractivity contribution in [2.45, 2.75) is 25.2 Å². The van der Waals surface area contributed by atoms with Gasteiger partial charge in [0.1, 0.15) is 30.8 Å². The third-order valence-corrected chi connectivity index (χ3v) is 5.05. The van der Waals surface area contributed by atoms with Crippen LogP contribution in [0, 0.1) is 0 Å². The SMILES string of the molecule is COc1ccc(CN2C(=O)C(NC(=O)OCc3ccccc3)[C@H]2COC(N)=O)c(OC)c1. The van der Waals surface area contributed by atoms with E-state index >= 15 is 0 Å². The third kappa shape index (κ3) is 5.39. The van der Waals surface area contributed by atoms with Crippen molar-refractivity contribution in [1.29, 1.82) is 0 Å². The highest BCUT2D eigenvalue weighted by Gasteiger charge is 2.49. The second-order valence-electron chi connectivity index (χ2n) is 7.03. The Kier molecular flexibility index (Phi) is 7.37. The number of likely N-dealkylation sites (tertiary alicyclic amines) is 1. The number of primary amides is 1. The van der Waals surface area contributed by atoms with Gasteiger partial charge in [0.05, 0.1) is 20.3 Å². The van der Waals surface area contributed by atoms with Crippen LogP contribution in [0.4, 0.5) is 9.59 Å². The van der Waals surface area contributed by atoms with E-state index in [2.05, 4.69) is 5.32 Å². The van der Waals surface area contributed by atoms with Gasteiger partial charge in [-0.3, -0.25) is 4.79 Å². The van der Waals surface area contributed by atoms with Crippen molar-refractivity contribution in [3.8, 4) is 11.5 Å². The Morgan fingerprint density at radius 2 is 1.81 bits per heavy atom. The van der Waals surface area contributed by atoms with Crippen LogP contribution in [-0.4, -0.2) is 55.9 Å². The number of amides is 3. The lowest BCUT2D eigenvalue weighted by Crippen LogP contribution is -2.71. The molecule has 2 atom stereocenters. The second kappa shape index (κ2) is 10.4. The normalized spacial score (nSPS) is 17.2. The van der Waals surface area contributed by atoms with E-state index in [1.165, 1.54) is 19.1 Å². The maximum absolute atomic E-state index is 12.8. The highest BCUT2D eigenvalue weighted by molar-refractivity contribution is 5.92. The Bertz CT molecular complexity index is 967. The molecule has 1 heterocycles. The predicted molar refractivity (Wildman–Crippen MR) is 113 cm³/mol. The molecule has 0 radical (unpaired) electrons. The van der Waals surface area contributed by atoms with E-state index in [0.717, 1.165) is 11.1 Å². The molecule has 1 unspecified atom stereocenters. The van der Waals surface area contributed by atoms with Crippen molar-refractivity contribution in [2.24, 2.45) is 5.73 Å². The van der Waals surface area contributed by atoms with E-state index in [1.54, 1.807) is 18.2 Å². The summed E-state index contributed by atoms with van der Waals surface area (Å²) >= 11 is 0. The number of ether oxygens (including phenoxy) is 4. The van der Waals surface area contributed by atoms with Crippen LogP contribution < -0.4 is 20.5 Å². The highest BCUT2D eigenvalue weighted by atomic mass is 16.6. The number of nitrogens with zero attached hydrogens (tertiary/aromatic N) is 1. The number of benzene rings is 2. The molecule has 170 valence electrons. The van der Waals surface area contributed by atoms with E-state index < -0.39 is 24.3 Å². The number of rotatable bonds is 9. The first-order valence-corrected chi connectivity index (χ1v) is 9.83. The zero-order valence-electron chi connectivity index (χ0n) is 17.8. The van der Waals surface area contributed by atoms with Gasteiger partial charge in [0.2, 0.25) is 5.91 Å². The van der Waals surface area contributed by atoms with Gasteiger partial charge >= 0.3 is 12.2 Å². The van der Waals surface area contributed by atoms with E-state index in [-0.39, 0.29) is 25.7 Å². The summed E-state index contributed by atoms with van der Waals surface area (Å²) < 4.78 is 20.6. The number of alkyl carbamates (subject to hydrolysis) is 1. The summed E-state index contributed by atoms with van der Waals surface area (Å²) in [6, 6.07) is 12.8. The topological polar surface area (TPSA) is 129 Å². The molecule has 0 bridgehead atoms. The lowest BCUT2D eigenvalue weighted by Gasteiger charge is -2.46. The number of carbonyl (C=O) groups is 3. The Morgan fingerprint density at radius 1 is 1.06 bits per heavy atom. The largest absolute Gasteiger partial charge is 0.497 e. The molecule has 1 saturated heterocycles. The van der Waals surface area contributed by atoms with Crippen molar-refractivity contribution in [3.05, 3.63) is 59.7 Å². The molecule has 3 rings (SSSR count). The van der Waals surface area contributed by atoms with Gasteiger partial charge in [-0.25, -0.2) is 9.59 Å². The van der Waals surface area contributed by atoms with E-state index in [1.807, 2.05) is 30.3 Å². The quantitative estimate of drug-likeness (QED) is 0.565. The molecule has 1 aliphatic rings. The number of nitrogens with two attached hydrogens (primary N) is 1. The number of hydrogen-bond acceptors (Lipinski definition) is 7. The van der Waals surface area contributed by atoms with Gasteiger partial charge in [0, 0.05) is 18.2 Å². The number of carbonyl (C=O) groups excluding carboxylic acids is 3. The summed E-state index contributed by atoms with van der Waals surface area (Å²) in [5.74, 6) is 0.790. The lowest BCUT2D eigenvalue weighted by molar-refractivity contribution is -0.154. The molecule has 10 heteroatoms. The fraction of sp³-hybridized carbons (Fsp3) is 0.318. The highest BCUT2D eigenvalue weighted by Crippen LogP contribution is 2.30. The summed E-state index contributed by atoms with van der Waals surface area (Å²) in [4.78, 5) is 37.6.